The number of amides is 1. The number of nitrogens with zero attached hydrogens (tertiary/aromatic N) is 1. The van der Waals surface area contributed by atoms with Crippen LogP contribution in [0.4, 0.5) is 4.39 Å². The minimum Gasteiger partial charge on any atom is -0.486 e. The van der Waals surface area contributed by atoms with Crippen LogP contribution in [0.15, 0.2) is 42.5 Å². The van der Waals surface area contributed by atoms with Crippen LogP contribution < -0.4 is 9.47 Å². The molecule has 0 aromatic heterocycles. The molecule has 0 unspecified atom stereocenters. The number of carbonyl (C=O) groups is 1. The van der Waals surface area contributed by atoms with Crippen LogP contribution in [-0.4, -0.2) is 36.1 Å². The highest BCUT2D eigenvalue weighted by Gasteiger charge is 2.43. The second-order valence-electron chi connectivity index (χ2n) is 7.68. The Morgan fingerprint density at radius 2 is 1.59 bits per heavy atom. The molecule has 27 heavy (non-hydrogen) atoms. The van der Waals surface area contributed by atoms with E-state index >= 15 is 0 Å². The van der Waals surface area contributed by atoms with E-state index in [2.05, 4.69) is 4.90 Å². The molecule has 0 spiro atoms. The van der Waals surface area contributed by atoms with Gasteiger partial charge in [-0.15, -0.1) is 0 Å². The number of benzene rings is 2. The maximum atomic E-state index is 13.2. The van der Waals surface area contributed by atoms with Gasteiger partial charge in [0.25, 0.3) is 5.91 Å². The van der Waals surface area contributed by atoms with Crippen LogP contribution in [0.2, 0.25) is 0 Å². The van der Waals surface area contributed by atoms with E-state index in [1.165, 1.54) is 17.7 Å². The molecule has 2 aromatic carbocycles. The minimum absolute atomic E-state index is 0.0806. The van der Waals surface area contributed by atoms with Gasteiger partial charge in [0.15, 0.2) is 11.5 Å². The summed E-state index contributed by atoms with van der Waals surface area (Å²) in [6.45, 7) is 1.06. The number of hydrogen-bond acceptors (Lipinski definition) is 3. The summed E-state index contributed by atoms with van der Waals surface area (Å²) < 4.78 is 24.4. The van der Waals surface area contributed by atoms with Crippen LogP contribution in [-0.2, 0) is 0 Å². The Morgan fingerprint density at radius 1 is 0.926 bits per heavy atom. The summed E-state index contributed by atoms with van der Waals surface area (Å²) in [5, 5.41) is 0. The highest BCUT2D eigenvalue weighted by Crippen LogP contribution is 2.44. The summed E-state index contributed by atoms with van der Waals surface area (Å²) >= 11 is 0. The highest BCUT2D eigenvalue weighted by molar-refractivity contribution is 5.95. The smallest absolute Gasteiger partial charge is 0.254 e. The van der Waals surface area contributed by atoms with Crippen molar-refractivity contribution in [3.05, 3.63) is 59.4 Å². The molecule has 3 aliphatic heterocycles. The van der Waals surface area contributed by atoms with E-state index in [1.54, 1.807) is 0 Å². The molecule has 0 N–H and O–H groups in total. The molecular formula is C22H22FNO3. The van der Waals surface area contributed by atoms with Crippen molar-refractivity contribution in [1.29, 1.82) is 0 Å². The zero-order chi connectivity index (χ0) is 18.4. The molecule has 5 rings (SSSR count). The fraction of sp³-hybridized carbons (Fsp3) is 0.409. The standard InChI is InChI=1S/C22H22FNO3/c23-17-4-1-14(2-5-17)16-11-18-6-7-19(12-16)24(18)22(25)15-3-8-20-21(13-15)27-10-9-26-20/h1-5,8,13,16,18-19H,6-7,9-12H2/t16-,18+,19-. The van der Waals surface area contributed by atoms with Gasteiger partial charge in [0.2, 0.25) is 0 Å². The Balaban J connectivity index is 1.36. The summed E-state index contributed by atoms with van der Waals surface area (Å²) in [5.41, 5.74) is 1.84. The average Bonchev–Trinajstić information content (AvgIpc) is 2.97. The summed E-state index contributed by atoms with van der Waals surface area (Å²) in [6.07, 6.45) is 3.97. The van der Waals surface area contributed by atoms with Gasteiger partial charge in [-0.3, -0.25) is 4.79 Å². The van der Waals surface area contributed by atoms with E-state index in [0.29, 0.717) is 36.2 Å². The molecule has 3 heterocycles. The van der Waals surface area contributed by atoms with Crippen molar-refractivity contribution in [2.75, 3.05) is 13.2 Å². The van der Waals surface area contributed by atoms with E-state index < -0.39 is 0 Å². The van der Waals surface area contributed by atoms with Crippen molar-refractivity contribution >= 4 is 5.91 Å². The number of fused-ring (bicyclic) bond motifs is 3. The van der Waals surface area contributed by atoms with Crippen LogP contribution >= 0.6 is 0 Å². The molecule has 2 fully saturated rings. The van der Waals surface area contributed by atoms with Crippen molar-refractivity contribution < 1.29 is 18.7 Å². The first-order valence-electron chi connectivity index (χ1n) is 9.67. The fourth-order valence-electron chi connectivity index (χ4n) is 4.84. The zero-order valence-electron chi connectivity index (χ0n) is 15.1. The normalized spacial score (nSPS) is 26.1. The lowest BCUT2D eigenvalue weighted by molar-refractivity contribution is 0.0570. The van der Waals surface area contributed by atoms with E-state index in [4.69, 9.17) is 9.47 Å². The largest absolute Gasteiger partial charge is 0.486 e. The molecule has 0 saturated carbocycles. The van der Waals surface area contributed by atoms with Gasteiger partial charge >= 0.3 is 0 Å². The maximum absolute atomic E-state index is 13.2. The Morgan fingerprint density at radius 3 is 2.30 bits per heavy atom. The number of ether oxygens (including phenoxy) is 2. The van der Waals surface area contributed by atoms with Crippen LogP contribution in [0.5, 0.6) is 11.5 Å². The Labute approximate surface area is 157 Å². The van der Waals surface area contributed by atoms with Gasteiger partial charge < -0.3 is 14.4 Å². The van der Waals surface area contributed by atoms with E-state index in [9.17, 15) is 9.18 Å². The third-order valence-electron chi connectivity index (χ3n) is 6.10. The molecule has 140 valence electrons. The molecule has 2 bridgehead atoms. The van der Waals surface area contributed by atoms with Crippen LogP contribution in [0.1, 0.15) is 47.5 Å². The topological polar surface area (TPSA) is 38.8 Å². The molecular weight excluding hydrogens is 345 g/mol. The van der Waals surface area contributed by atoms with Gasteiger partial charge in [0, 0.05) is 17.6 Å². The Kier molecular flexibility index (Phi) is 4.03. The molecule has 2 saturated heterocycles. The lowest BCUT2D eigenvalue weighted by Crippen LogP contribution is -2.46. The lowest BCUT2D eigenvalue weighted by Gasteiger charge is -2.39. The van der Waals surface area contributed by atoms with Crippen LogP contribution in [0.3, 0.4) is 0 Å². The van der Waals surface area contributed by atoms with Gasteiger partial charge in [-0.1, -0.05) is 12.1 Å². The zero-order valence-corrected chi connectivity index (χ0v) is 15.1. The second kappa shape index (κ2) is 6.55. The third kappa shape index (κ3) is 2.95. The number of halogens is 1. The SMILES string of the molecule is O=C(c1ccc2c(c1)OCCO2)N1[C@@H]2CC[C@H]1C[C@@H](c1ccc(F)cc1)C2. The van der Waals surface area contributed by atoms with Crippen LogP contribution in [0, 0.1) is 5.82 Å². The first kappa shape index (κ1) is 16.6. The molecule has 2 aromatic rings. The fourth-order valence-corrected chi connectivity index (χ4v) is 4.84. The predicted molar refractivity (Wildman–Crippen MR) is 98.8 cm³/mol. The summed E-state index contributed by atoms with van der Waals surface area (Å²) in [7, 11) is 0. The molecule has 0 aliphatic carbocycles. The Hall–Kier alpha value is -2.56. The van der Waals surface area contributed by atoms with Crippen molar-refractivity contribution in [3.63, 3.8) is 0 Å². The van der Waals surface area contributed by atoms with Gasteiger partial charge in [-0.05, 0) is 67.5 Å². The quantitative estimate of drug-likeness (QED) is 0.800. The summed E-state index contributed by atoms with van der Waals surface area (Å²) in [5.74, 6) is 1.63. The van der Waals surface area contributed by atoms with Crippen LogP contribution in [0.25, 0.3) is 0 Å². The summed E-state index contributed by atoms with van der Waals surface area (Å²) in [4.78, 5) is 15.3. The molecule has 3 atom stereocenters. The number of rotatable bonds is 2. The maximum Gasteiger partial charge on any atom is 0.254 e. The monoisotopic (exact) mass is 367 g/mol. The molecule has 1 amide bonds. The number of carbonyl (C=O) groups excluding carboxylic acids is 1. The predicted octanol–water partition coefficient (Wildman–Crippen LogP) is 4.15. The third-order valence-corrected chi connectivity index (χ3v) is 6.10. The second-order valence-corrected chi connectivity index (χ2v) is 7.68. The molecule has 3 aliphatic rings. The average molecular weight is 367 g/mol. The minimum atomic E-state index is -0.201. The summed E-state index contributed by atoms with van der Waals surface area (Å²) in [6, 6.07) is 12.8. The van der Waals surface area contributed by atoms with Crippen molar-refractivity contribution in [2.24, 2.45) is 0 Å². The molecule has 5 heteroatoms. The molecule has 4 nitrogen and oxygen atoms in total. The highest BCUT2D eigenvalue weighted by atomic mass is 19.1. The number of piperidine rings is 1. The van der Waals surface area contributed by atoms with Gasteiger partial charge in [-0.2, -0.15) is 0 Å². The van der Waals surface area contributed by atoms with Gasteiger partial charge in [-0.25, -0.2) is 4.39 Å². The van der Waals surface area contributed by atoms with E-state index in [-0.39, 0.29) is 23.8 Å². The lowest BCUT2D eigenvalue weighted by atomic mass is 9.85. The van der Waals surface area contributed by atoms with E-state index in [0.717, 1.165) is 25.7 Å². The Bertz CT molecular complexity index is 852. The van der Waals surface area contributed by atoms with Gasteiger partial charge in [0.05, 0.1) is 0 Å². The van der Waals surface area contributed by atoms with Gasteiger partial charge in [0.1, 0.15) is 19.0 Å². The molecule has 0 radical (unpaired) electrons. The van der Waals surface area contributed by atoms with Crippen molar-refractivity contribution in [1.82, 2.24) is 4.90 Å². The van der Waals surface area contributed by atoms with E-state index in [1.807, 2.05) is 30.3 Å². The first-order chi connectivity index (χ1) is 13.2. The van der Waals surface area contributed by atoms with Crippen molar-refractivity contribution in [2.45, 2.75) is 43.7 Å². The van der Waals surface area contributed by atoms with Crippen molar-refractivity contribution in [3.8, 4) is 11.5 Å². The number of hydrogen-bond donors (Lipinski definition) is 0. The first-order valence-corrected chi connectivity index (χ1v) is 9.67.